The fourth-order valence-electron chi connectivity index (χ4n) is 3.02. The van der Waals surface area contributed by atoms with E-state index < -0.39 is 24.3 Å². The number of carbonyl (C=O) groups excluding carboxylic acids is 1. The van der Waals surface area contributed by atoms with E-state index in [9.17, 15) is 31.1 Å². The van der Waals surface area contributed by atoms with Crippen LogP contribution in [0, 0.1) is 0 Å². The zero-order valence-corrected chi connectivity index (χ0v) is 19.1. The highest BCUT2D eigenvalue weighted by Crippen LogP contribution is 2.21. The fraction of sp³-hybridized carbons (Fsp3) is 0.217. The molecule has 0 saturated heterocycles. The molecule has 204 valence electrons. The summed E-state index contributed by atoms with van der Waals surface area (Å²) in [6.07, 6.45) is -5.83. The highest BCUT2D eigenvalue weighted by atomic mass is 19.4. The number of carboxylic acids is 2. The Bertz CT molecular complexity index is 1200. The predicted octanol–water partition coefficient (Wildman–Crippen LogP) is 4.00. The summed E-state index contributed by atoms with van der Waals surface area (Å²) in [5.41, 5.74) is 5.40. The van der Waals surface area contributed by atoms with E-state index in [1.54, 1.807) is 6.20 Å². The number of amides is 1. The zero-order valence-electron chi connectivity index (χ0n) is 19.1. The number of carbonyl (C=O) groups is 3. The third-order valence-corrected chi connectivity index (χ3v) is 4.87. The van der Waals surface area contributed by atoms with Crippen molar-refractivity contribution in [2.45, 2.75) is 31.4 Å². The first-order valence-electron chi connectivity index (χ1n) is 10.5. The molecule has 5 N–H and O–H groups in total. The predicted molar refractivity (Wildman–Crippen MR) is 121 cm³/mol. The second-order valence-electron chi connectivity index (χ2n) is 7.57. The number of halogens is 6. The van der Waals surface area contributed by atoms with Crippen molar-refractivity contribution >= 4 is 23.5 Å². The minimum atomic E-state index is -5.08. The van der Waals surface area contributed by atoms with Crippen LogP contribution in [0.15, 0.2) is 60.9 Å². The third-order valence-electron chi connectivity index (χ3n) is 4.87. The van der Waals surface area contributed by atoms with Gasteiger partial charge in [0.1, 0.15) is 0 Å². The van der Waals surface area contributed by atoms with E-state index in [0.29, 0.717) is 0 Å². The molecule has 2 aromatic carbocycles. The molecule has 0 radical (unpaired) electrons. The van der Waals surface area contributed by atoms with Gasteiger partial charge in [-0.05, 0) is 35.2 Å². The van der Waals surface area contributed by atoms with Crippen LogP contribution in [0.2, 0.25) is 0 Å². The van der Waals surface area contributed by atoms with E-state index in [1.807, 2.05) is 42.6 Å². The lowest BCUT2D eigenvalue weighted by molar-refractivity contribution is -0.193. The van der Waals surface area contributed by atoms with Crippen molar-refractivity contribution in [1.82, 2.24) is 15.5 Å². The Labute approximate surface area is 210 Å². The maximum absolute atomic E-state index is 12.5. The molecule has 9 nitrogen and oxygen atoms in total. The highest BCUT2D eigenvalue weighted by Gasteiger charge is 2.38. The molecule has 1 atom stereocenters. The molecule has 0 aliphatic carbocycles. The number of rotatable bonds is 3. The van der Waals surface area contributed by atoms with Gasteiger partial charge in [0.25, 0.3) is 0 Å². The molecule has 15 heteroatoms. The molecule has 0 fully saturated rings. The molecular formula is C23H20F6N4O5. The van der Waals surface area contributed by atoms with E-state index in [4.69, 9.17) is 19.8 Å². The Morgan fingerprint density at radius 3 is 1.84 bits per heavy atom. The van der Waals surface area contributed by atoms with E-state index >= 15 is 0 Å². The number of nitrogens with zero attached hydrogens (tertiary/aromatic N) is 1. The standard InChI is InChI=1S/C19H18N4O.2C2HF3O2/c24-19(18-9-14-3-1-2-4-15(14)10-20-18)23-17-7-5-13(6-8-17)16-11-21-22-12-16;2*3-2(4,5)1(6)7/h1-8,11-12,18,20H,9-10H2,(H,21,22)(H,23,24);2*(H,6,7)/t18-;;/m0../s1. The minimum absolute atomic E-state index is 0.000522. The van der Waals surface area contributed by atoms with Crippen LogP contribution in [-0.2, 0) is 27.3 Å². The summed E-state index contributed by atoms with van der Waals surface area (Å²) in [6, 6.07) is 15.8. The normalized spacial score (nSPS) is 14.5. The van der Waals surface area contributed by atoms with Crippen molar-refractivity contribution < 1.29 is 50.9 Å². The Hall–Kier alpha value is -4.40. The molecule has 38 heavy (non-hydrogen) atoms. The van der Waals surface area contributed by atoms with Gasteiger partial charge in [-0.3, -0.25) is 9.89 Å². The first-order chi connectivity index (χ1) is 17.7. The first kappa shape index (κ1) is 29.8. The summed E-state index contributed by atoms with van der Waals surface area (Å²) >= 11 is 0. The van der Waals surface area contributed by atoms with Gasteiger partial charge in [-0.15, -0.1) is 0 Å². The van der Waals surface area contributed by atoms with Gasteiger partial charge in [0, 0.05) is 24.0 Å². The SMILES string of the molecule is O=C(Nc1ccc(-c2cn[nH]c2)cc1)[C@@H]1Cc2ccccc2CN1.O=C(O)C(F)(F)F.O=C(O)C(F)(F)F. The summed E-state index contributed by atoms with van der Waals surface area (Å²) in [5, 5.41) is 27.3. The molecule has 3 aromatic rings. The largest absolute Gasteiger partial charge is 0.490 e. The number of aromatic nitrogens is 2. The van der Waals surface area contributed by atoms with Gasteiger partial charge in [0.05, 0.1) is 12.2 Å². The molecule has 2 heterocycles. The van der Waals surface area contributed by atoms with Crippen molar-refractivity contribution in [3.05, 3.63) is 72.1 Å². The van der Waals surface area contributed by atoms with Crippen molar-refractivity contribution in [2.24, 2.45) is 0 Å². The molecule has 0 bridgehead atoms. The Balaban J connectivity index is 0.000000301. The lowest BCUT2D eigenvalue weighted by Crippen LogP contribution is -2.44. The number of anilines is 1. The number of carboxylic acid groups (broad SMARTS) is 2. The van der Waals surface area contributed by atoms with Crippen LogP contribution in [0.1, 0.15) is 11.1 Å². The zero-order chi connectivity index (χ0) is 28.5. The molecule has 0 unspecified atom stereocenters. The fourth-order valence-corrected chi connectivity index (χ4v) is 3.02. The molecule has 1 aromatic heterocycles. The Kier molecular flexibility index (Phi) is 9.98. The van der Waals surface area contributed by atoms with Crippen LogP contribution in [0.4, 0.5) is 32.0 Å². The number of aliphatic carboxylic acids is 2. The lowest BCUT2D eigenvalue weighted by atomic mass is 9.95. The average Bonchev–Trinajstić information content (AvgIpc) is 3.39. The van der Waals surface area contributed by atoms with Gasteiger partial charge in [-0.25, -0.2) is 9.59 Å². The molecule has 1 aliphatic rings. The summed E-state index contributed by atoms with van der Waals surface area (Å²) in [6.45, 7) is 0.730. The first-order valence-corrected chi connectivity index (χ1v) is 10.5. The van der Waals surface area contributed by atoms with Crippen molar-refractivity contribution in [3.63, 3.8) is 0 Å². The van der Waals surface area contributed by atoms with Gasteiger partial charge in [-0.1, -0.05) is 36.4 Å². The van der Waals surface area contributed by atoms with E-state index in [1.165, 1.54) is 11.1 Å². The molecular weight excluding hydrogens is 526 g/mol. The Morgan fingerprint density at radius 2 is 1.37 bits per heavy atom. The molecule has 4 rings (SSSR count). The Morgan fingerprint density at radius 1 is 0.842 bits per heavy atom. The van der Waals surface area contributed by atoms with E-state index in [2.05, 4.69) is 33.0 Å². The van der Waals surface area contributed by atoms with Crippen molar-refractivity contribution in [2.75, 3.05) is 5.32 Å². The van der Waals surface area contributed by atoms with Crippen molar-refractivity contribution in [1.29, 1.82) is 0 Å². The maximum atomic E-state index is 12.5. The number of benzene rings is 2. The number of fused-ring (bicyclic) bond motifs is 1. The topological polar surface area (TPSA) is 144 Å². The maximum Gasteiger partial charge on any atom is 0.490 e. The quantitative estimate of drug-likeness (QED) is 0.313. The number of hydrogen-bond acceptors (Lipinski definition) is 5. The van der Waals surface area contributed by atoms with Crippen LogP contribution in [0.3, 0.4) is 0 Å². The van der Waals surface area contributed by atoms with E-state index in [0.717, 1.165) is 29.8 Å². The number of hydrogen-bond donors (Lipinski definition) is 5. The lowest BCUT2D eigenvalue weighted by Gasteiger charge is -2.25. The number of aromatic amines is 1. The summed E-state index contributed by atoms with van der Waals surface area (Å²) in [5.74, 6) is -5.51. The van der Waals surface area contributed by atoms with Crippen molar-refractivity contribution in [3.8, 4) is 11.1 Å². The van der Waals surface area contributed by atoms with Gasteiger partial charge in [0.15, 0.2) is 0 Å². The van der Waals surface area contributed by atoms with Gasteiger partial charge < -0.3 is 20.8 Å². The van der Waals surface area contributed by atoms with Gasteiger partial charge in [-0.2, -0.15) is 31.4 Å². The van der Waals surface area contributed by atoms with Gasteiger partial charge >= 0.3 is 24.3 Å². The van der Waals surface area contributed by atoms with E-state index in [-0.39, 0.29) is 11.9 Å². The smallest absolute Gasteiger partial charge is 0.475 e. The third kappa shape index (κ3) is 9.24. The number of nitrogens with one attached hydrogen (secondary N) is 3. The minimum Gasteiger partial charge on any atom is -0.475 e. The second-order valence-corrected chi connectivity index (χ2v) is 7.57. The van der Waals surface area contributed by atoms with Crippen LogP contribution in [0.5, 0.6) is 0 Å². The molecule has 1 amide bonds. The van der Waals surface area contributed by atoms with Crippen LogP contribution < -0.4 is 10.6 Å². The summed E-state index contributed by atoms with van der Waals surface area (Å²) in [7, 11) is 0. The summed E-state index contributed by atoms with van der Waals surface area (Å²) in [4.78, 5) is 30.3. The highest BCUT2D eigenvalue weighted by molar-refractivity contribution is 5.95. The molecule has 0 saturated carbocycles. The second kappa shape index (κ2) is 12.7. The van der Waals surface area contributed by atoms with Crippen LogP contribution in [-0.4, -0.2) is 56.7 Å². The monoisotopic (exact) mass is 546 g/mol. The molecule has 0 spiro atoms. The number of H-pyrrole nitrogens is 1. The van der Waals surface area contributed by atoms with Gasteiger partial charge in [0.2, 0.25) is 5.91 Å². The number of alkyl halides is 6. The average molecular weight is 546 g/mol. The van der Waals surface area contributed by atoms with Crippen LogP contribution in [0.25, 0.3) is 11.1 Å². The summed E-state index contributed by atoms with van der Waals surface area (Å²) < 4.78 is 63.5. The molecule has 1 aliphatic heterocycles. The van der Waals surface area contributed by atoms with Crippen LogP contribution >= 0.6 is 0 Å².